The molecule has 2 aromatic rings. The Labute approximate surface area is 160 Å². The summed E-state index contributed by atoms with van der Waals surface area (Å²) >= 11 is 0. The normalized spacial score (nSPS) is 18.1. The maximum atomic E-state index is 12.4. The van der Waals surface area contributed by atoms with Crippen LogP contribution in [0.5, 0.6) is 5.75 Å². The first-order valence-corrected chi connectivity index (χ1v) is 9.75. The molecule has 2 amide bonds. The summed E-state index contributed by atoms with van der Waals surface area (Å²) in [6.07, 6.45) is 0. The molecular weight excluding hydrogens is 388 g/mol. The van der Waals surface area contributed by atoms with Crippen molar-refractivity contribution >= 4 is 39.2 Å². The molecule has 28 heavy (non-hydrogen) atoms. The molecule has 1 fully saturated rings. The number of sulfonamides is 1. The van der Waals surface area contributed by atoms with Crippen molar-refractivity contribution in [3.63, 3.8) is 0 Å². The van der Waals surface area contributed by atoms with Gasteiger partial charge in [0, 0.05) is 5.56 Å². The number of carboxylic acid groups (broad SMARTS) is 1. The summed E-state index contributed by atoms with van der Waals surface area (Å²) in [6, 6.07) is 8.76. The van der Waals surface area contributed by atoms with Crippen molar-refractivity contribution in [3.05, 3.63) is 53.6 Å². The summed E-state index contributed by atoms with van der Waals surface area (Å²) < 4.78 is 25.0. The number of aromatic hydroxyl groups is 1. The van der Waals surface area contributed by atoms with E-state index in [0.717, 1.165) is 16.4 Å². The second kappa shape index (κ2) is 6.97. The molecule has 0 radical (unpaired) electrons. The van der Waals surface area contributed by atoms with E-state index in [9.17, 15) is 27.9 Å². The molecule has 0 aromatic heterocycles. The van der Waals surface area contributed by atoms with Crippen LogP contribution >= 0.6 is 0 Å². The number of phenolic OH excluding ortho intramolecular Hbond substituents is 1. The van der Waals surface area contributed by atoms with E-state index in [-0.39, 0.29) is 34.0 Å². The number of nitrogens with one attached hydrogen (secondary N) is 1. The van der Waals surface area contributed by atoms with Gasteiger partial charge in [0.25, 0.3) is 5.91 Å². The summed E-state index contributed by atoms with van der Waals surface area (Å²) in [5, 5.41) is 21.2. The quantitative estimate of drug-likeness (QED) is 0.658. The molecule has 1 atom stereocenters. The predicted molar refractivity (Wildman–Crippen MR) is 99.9 cm³/mol. The summed E-state index contributed by atoms with van der Waals surface area (Å²) in [4.78, 5) is 35.5. The van der Waals surface area contributed by atoms with E-state index in [1.165, 1.54) is 37.3 Å². The van der Waals surface area contributed by atoms with E-state index < -0.39 is 33.7 Å². The Morgan fingerprint density at radius 3 is 2.25 bits per heavy atom. The monoisotopic (exact) mass is 404 g/mol. The third-order valence-corrected chi connectivity index (χ3v) is 6.08. The molecule has 3 N–H and O–H groups in total. The maximum Gasteiger partial charge on any atom is 0.335 e. The highest BCUT2D eigenvalue weighted by Crippen LogP contribution is 2.29. The van der Waals surface area contributed by atoms with Gasteiger partial charge >= 0.3 is 5.97 Å². The number of carbonyl (C=O) groups excluding carboxylic acids is 2. The molecule has 146 valence electrons. The molecule has 1 heterocycles. The lowest BCUT2D eigenvalue weighted by atomic mass is 10.1. The lowest BCUT2D eigenvalue weighted by Gasteiger charge is -2.15. The molecule has 0 aliphatic carbocycles. The number of carbonyl (C=O) groups is 3. The number of rotatable bonds is 4. The van der Waals surface area contributed by atoms with Gasteiger partial charge in [-0.05, 0) is 42.5 Å². The molecule has 0 bridgehead atoms. The number of hydrogen-bond acceptors (Lipinski definition) is 6. The first kappa shape index (κ1) is 19.4. The van der Waals surface area contributed by atoms with Gasteiger partial charge in [0.15, 0.2) is 0 Å². The smallest absolute Gasteiger partial charge is 0.335 e. The van der Waals surface area contributed by atoms with Crippen LogP contribution in [-0.4, -0.2) is 42.2 Å². The van der Waals surface area contributed by atoms with Gasteiger partial charge in [0.1, 0.15) is 5.75 Å². The van der Waals surface area contributed by atoms with E-state index in [4.69, 9.17) is 5.11 Å². The summed E-state index contributed by atoms with van der Waals surface area (Å²) in [5.74, 6) is -3.62. The standard InChI is InChI=1S/C18H16N2O7S/c1-10-9-28(26,27)20(17(10)23)13-5-2-11(3-6-13)16(22)19-14-8-12(18(24)25)4-7-15(14)21/h2-8,10,21H,9H2,1H3,(H,19,22)(H,24,25)/t10-/m0/s1. The Morgan fingerprint density at radius 1 is 1.11 bits per heavy atom. The van der Waals surface area contributed by atoms with Crippen molar-refractivity contribution in [1.29, 1.82) is 0 Å². The summed E-state index contributed by atoms with van der Waals surface area (Å²) in [5.41, 5.74) is 0.0537. The van der Waals surface area contributed by atoms with Crippen molar-refractivity contribution < 1.29 is 33.0 Å². The molecular formula is C18H16N2O7S. The minimum absolute atomic E-state index is 0.0832. The average molecular weight is 404 g/mol. The Kier molecular flexibility index (Phi) is 4.82. The zero-order valence-corrected chi connectivity index (χ0v) is 15.4. The first-order chi connectivity index (χ1) is 13.1. The zero-order chi connectivity index (χ0) is 20.6. The molecule has 3 rings (SSSR count). The van der Waals surface area contributed by atoms with E-state index in [2.05, 4.69) is 5.32 Å². The fourth-order valence-corrected chi connectivity index (χ4v) is 4.62. The zero-order valence-electron chi connectivity index (χ0n) is 14.6. The molecule has 0 spiro atoms. The first-order valence-electron chi connectivity index (χ1n) is 8.15. The third kappa shape index (κ3) is 3.54. The van der Waals surface area contributed by atoms with Crippen LogP contribution in [0.1, 0.15) is 27.6 Å². The number of phenols is 1. The van der Waals surface area contributed by atoms with Crippen molar-refractivity contribution in [1.82, 2.24) is 0 Å². The van der Waals surface area contributed by atoms with Crippen LogP contribution in [0.3, 0.4) is 0 Å². The van der Waals surface area contributed by atoms with Gasteiger partial charge in [-0.1, -0.05) is 6.92 Å². The van der Waals surface area contributed by atoms with E-state index in [0.29, 0.717) is 0 Å². The van der Waals surface area contributed by atoms with Gasteiger partial charge in [-0.25, -0.2) is 17.5 Å². The number of carboxylic acids is 1. The van der Waals surface area contributed by atoms with Crippen molar-refractivity contribution in [2.24, 2.45) is 5.92 Å². The number of amides is 2. The Hall–Kier alpha value is -3.40. The number of benzene rings is 2. The predicted octanol–water partition coefficient (Wildman–Crippen LogP) is 1.66. The molecule has 1 aliphatic heterocycles. The lowest BCUT2D eigenvalue weighted by Crippen LogP contribution is -2.30. The van der Waals surface area contributed by atoms with E-state index >= 15 is 0 Å². The molecule has 2 aromatic carbocycles. The van der Waals surface area contributed by atoms with Crippen LogP contribution < -0.4 is 9.62 Å². The third-order valence-electron chi connectivity index (χ3n) is 4.22. The van der Waals surface area contributed by atoms with Crippen LogP contribution in [0, 0.1) is 5.92 Å². The minimum Gasteiger partial charge on any atom is -0.506 e. The van der Waals surface area contributed by atoms with E-state index in [1.54, 1.807) is 0 Å². The van der Waals surface area contributed by atoms with E-state index in [1.807, 2.05) is 0 Å². The highest BCUT2D eigenvalue weighted by molar-refractivity contribution is 7.94. The molecule has 0 unspecified atom stereocenters. The molecule has 1 aliphatic rings. The Bertz CT molecular complexity index is 1080. The maximum absolute atomic E-state index is 12.4. The number of nitrogens with zero attached hydrogens (tertiary/aromatic N) is 1. The fourth-order valence-electron chi connectivity index (χ4n) is 2.80. The number of anilines is 2. The highest BCUT2D eigenvalue weighted by Gasteiger charge is 2.41. The summed E-state index contributed by atoms with van der Waals surface area (Å²) in [6.45, 7) is 1.53. The van der Waals surface area contributed by atoms with Crippen molar-refractivity contribution in [2.75, 3.05) is 15.4 Å². The van der Waals surface area contributed by atoms with Crippen LogP contribution in [0.4, 0.5) is 11.4 Å². The molecule has 10 heteroatoms. The van der Waals surface area contributed by atoms with Gasteiger partial charge in [0.05, 0.1) is 28.6 Å². The van der Waals surface area contributed by atoms with Crippen LogP contribution in [0.15, 0.2) is 42.5 Å². The van der Waals surface area contributed by atoms with Gasteiger partial charge in [-0.15, -0.1) is 0 Å². The minimum atomic E-state index is -3.74. The number of aromatic carboxylic acids is 1. The lowest BCUT2D eigenvalue weighted by molar-refractivity contribution is -0.119. The van der Waals surface area contributed by atoms with Gasteiger partial charge < -0.3 is 15.5 Å². The Balaban J connectivity index is 1.83. The van der Waals surface area contributed by atoms with Crippen molar-refractivity contribution in [2.45, 2.75) is 6.92 Å². The van der Waals surface area contributed by atoms with Crippen LogP contribution in [0.25, 0.3) is 0 Å². The largest absolute Gasteiger partial charge is 0.506 e. The van der Waals surface area contributed by atoms with Gasteiger partial charge in [0.2, 0.25) is 15.9 Å². The average Bonchev–Trinajstić information content (AvgIpc) is 2.83. The second-order valence-electron chi connectivity index (χ2n) is 6.32. The van der Waals surface area contributed by atoms with Crippen LogP contribution in [0.2, 0.25) is 0 Å². The van der Waals surface area contributed by atoms with Crippen LogP contribution in [-0.2, 0) is 14.8 Å². The fraction of sp³-hybridized carbons (Fsp3) is 0.167. The molecule has 9 nitrogen and oxygen atoms in total. The SMILES string of the molecule is C[C@H]1CS(=O)(=O)N(c2ccc(C(=O)Nc3cc(C(=O)O)ccc3O)cc2)C1=O. The van der Waals surface area contributed by atoms with Gasteiger partial charge in [-0.3, -0.25) is 9.59 Å². The van der Waals surface area contributed by atoms with Gasteiger partial charge in [-0.2, -0.15) is 0 Å². The van der Waals surface area contributed by atoms with Crippen molar-refractivity contribution in [3.8, 4) is 5.75 Å². The Morgan fingerprint density at radius 2 is 1.71 bits per heavy atom. The highest BCUT2D eigenvalue weighted by atomic mass is 32.2. The molecule has 1 saturated heterocycles. The second-order valence-corrected chi connectivity index (χ2v) is 8.18. The summed E-state index contributed by atoms with van der Waals surface area (Å²) in [7, 11) is -3.74. The number of hydrogen-bond donors (Lipinski definition) is 3. The molecule has 0 saturated carbocycles. The topological polar surface area (TPSA) is 141 Å².